The third kappa shape index (κ3) is 6.62. The average Bonchev–Trinajstić information content (AvgIpc) is 2.82. The van der Waals surface area contributed by atoms with Crippen LogP contribution in [-0.2, 0) is 14.4 Å². The van der Waals surface area contributed by atoms with Crippen LogP contribution in [0.3, 0.4) is 0 Å². The molecule has 2 aliphatic rings. The Bertz CT molecular complexity index is 1290. The van der Waals surface area contributed by atoms with E-state index in [2.05, 4.69) is 20.3 Å². The van der Waals surface area contributed by atoms with Crippen molar-refractivity contribution in [2.24, 2.45) is 0 Å². The maximum atomic E-state index is 12.8. The lowest BCUT2D eigenvalue weighted by molar-refractivity contribution is -0.150. The van der Waals surface area contributed by atoms with E-state index in [1.807, 2.05) is 0 Å². The Morgan fingerprint density at radius 2 is 1.92 bits per heavy atom. The zero-order chi connectivity index (χ0) is 26.7. The first-order valence-electron chi connectivity index (χ1n) is 10.5. The van der Waals surface area contributed by atoms with Crippen molar-refractivity contribution in [2.75, 3.05) is 28.7 Å². The summed E-state index contributed by atoms with van der Waals surface area (Å²) >= 11 is 15.7. The third-order valence-electron chi connectivity index (χ3n) is 5.01. The van der Waals surface area contributed by atoms with Crippen molar-refractivity contribution >= 4 is 88.0 Å². The molecule has 4 heterocycles. The van der Waals surface area contributed by atoms with E-state index >= 15 is 0 Å². The summed E-state index contributed by atoms with van der Waals surface area (Å²) in [5.74, 6) is -0.883. The number of pyridine rings is 1. The average molecular weight is 601 g/mol. The Kier molecular flexibility index (Phi) is 8.75. The summed E-state index contributed by atoms with van der Waals surface area (Å²) in [6, 6.07) is 3.93. The summed E-state index contributed by atoms with van der Waals surface area (Å²) in [7, 11) is 0. The van der Waals surface area contributed by atoms with Crippen molar-refractivity contribution in [1.82, 2.24) is 25.2 Å². The highest BCUT2D eigenvalue weighted by molar-refractivity contribution is 8.00. The van der Waals surface area contributed by atoms with Gasteiger partial charge in [0.25, 0.3) is 5.91 Å². The summed E-state index contributed by atoms with van der Waals surface area (Å²) in [4.78, 5) is 50.9. The van der Waals surface area contributed by atoms with Crippen LogP contribution in [0.15, 0.2) is 51.5 Å². The van der Waals surface area contributed by atoms with Crippen LogP contribution < -0.4 is 16.8 Å². The van der Waals surface area contributed by atoms with E-state index in [9.17, 15) is 19.5 Å². The minimum absolute atomic E-state index is 0.0226. The smallest absolute Gasteiger partial charge is 0.352 e. The quantitative estimate of drug-likeness (QED) is 0.143. The van der Waals surface area contributed by atoms with Gasteiger partial charge in [0.1, 0.15) is 38.3 Å². The van der Waals surface area contributed by atoms with E-state index in [4.69, 9.17) is 34.7 Å². The number of aromatic nitrogens is 3. The molecule has 2 aromatic heterocycles. The highest BCUT2D eigenvalue weighted by Crippen LogP contribution is 2.40. The first-order valence-corrected chi connectivity index (χ1v) is 14.3. The van der Waals surface area contributed by atoms with Crippen molar-refractivity contribution in [2.45, 2.75) is 21.3 Å². The predicted molar refractivity (Wildman–Crippen MR) is 145 cm³/mol. The lowest BCUT2D eigenvalue weighted by atomic mass is 10.0. The number of carboxylic acid groups (broad SMARTS) is 1. The monoisotopic (exact) mass is 599 g/mol. The van der Waals surface area contributed by atoms with Crippen LogP contribution in [-0.4, -0.2) is 71.4 Å². The van der Waals surface area contributed by atoms with E-state index in [-0.39, 0.29) is 39.4 Å². The SMILES string of the molecule is Nc1cc(SC/C=C/C2=C(C(=O)O)N3C(=O)[C@@H](NC(=O)CSc4cc(Cl)nc(Cl)c4)C3SC2)nc(N)n1. The van der Waals surface area contributed by atoms with Gasteiger partial charge in [-0.1, -0.05) is 35.4 Å². The van der Waals surface area contributed by atoms with Crippen LogP contribution in [0.25, 0.3) is 0 Å². The largest absolute Gasteiger partial charge is 0.477 e. The molecule has 0 aromatic carbocycles. The highest BCUT2D eigenvalue weighted by Gasteiger charge is 2.53. The number of nitrogens with one attached hydrogen (secondary N) is 1. The number of allylic oxidation sites excluding steroid dienone is 1. The van der Waals surface area contributed by atoms with E-state index < -0.39 is 23.3 Å². The molecule has 2 amide bonds. The van der Waals surface area contributed by atoms with Crippen molar-refractivity contribution in [3.8, 4) is 0 Å². The van der Waals surface area contributed by atoms with Gasteiger partial charge in [-0.05, 0) is 17.7 Å². The number of nitrogen functional groups attached to an aromatic ring is 2. The number of carboxylic acids is 1. The predicted octanol–water partition coefficient (Wildman–Crippen LogP) is 2.52. The zero-order valence-corrected chi connectivity index (χ0v) is 22.7. The van der Waals surface area contributed by atoms with Gasteiger partial charge in [-0.3, -0.25) is 14.5 Å². The molecule has 6 N–H and O–H groups in total. The molecular formula is C21H19Cl2N7O4S3. The van der Waals surface area contributed by atoms with Gasteiger partial charge < -0.3 is 21.9 Å². The first-order chi connectivity index (χ1) is 17.6. The van der Waals surface area contributed by atoms with Gasteiger partial charge in [0.05, 0.1) is 5.75 Å². The van der Waals surface area contributed by atoms with Gasteiger partial charge in [0.15, 0.2) is 0 Å². The van der Waals surface area contributed by atoms with Gasteiger partial charge >= 0.3 is 5.97 Å². The number of hydrogen-bond acceptors (Lipinski definition) is 11. The molecule has 16 heteroatoms. The minimum atomic E-state index is -1.21. The number of hydrogen-bond donors (Lipinski definition) is 4. The molecule has 0 saturated carbocycles. The Morgan fingerprint density at radius 1 is 1.19 bits per heavy atom. The molecule has 2 aliphatic heterocycles. The number of carbonyl (C=O) groups is 3. The number of anilines is 2. The Hall–Kier alpha value is -2.65. The molecule has 37 heavy (non-hydrogen) atoms. The number of fused-ring (bicyclic) bond motifs is 1. The van der Waals surface area contributed by atoms with Crippen molar-refractivity contribution < 1.29 is 19.5 Å². The third-order valence-corrected chi connectivity index (χ3v) is 8.54. The van der Waals surface area contributed by atoms with Crippen molar-refractivity contribution in [1.29, 1.82) is 0 Å². The lowest BCUT2D eigenvalue weighted by Crippen LogP contribution is -2.70. The number of nitrogens with two attached hydrogens (primary N) is 2. The van der Waals surface area contributed by atoms with Gasteiger partial charge in [0.2, 0.25) is 11.9 Å². The molecule has 2 atom stereocenters. The molecule has 0 bridgehead atoms. The van der Waals surface area contributed by atoms with Gasteiger partial charge in [-0.15, -0.1) is 35.3 Å². The fourth-order valence-corrected chi connectivity index (χ4v) is 6.93. The molecule has 194 valence electrons. The molecule has 1 saturated heterocycles. The molecule has 4 rings (SSSR count). The molecule has 0 spiro atoms. The second-order valence-electron chi connectivity index (χ2n) is 7.57. The molecular weight excluding hydrogens is 581 g/mol. The Labute approximate surface area is 233 Å². The number of nitrogens with zero attached hydrogens (tertiary/aromatic N) is 4. The number of carbonyl (C=O) groups excluding carboxylic acids is 2. The zero-order valence-electron chi connectivity index (χ0n) is 18.8. The first kappa shape index (κ1) is 27.4. The van der Waals surface area contributed by atoms with Crippen LogP contribution in [0.4, 0.5) is 11.8 Å². The number of amides is 2. The summed E-state index contributed by atoms with van der Waals surface area (Å²) < 4.78 is 0. The van der Waals surface area contributed by atoms with Gasteiger partial charge in [-0.2, -0.15) is 4.98 Å². The maximum Gasteiger partial charge on any atom is 0.352 e. The lowest BCUT2D eigenvalue weighted by Gasteiger charge is -2.49. The fraction of sp³-hybridized carbons (Fsp3) is 0.238. The van der Waals surface area contributed by atoms with E-state index in [1.165, 1.54) is 40.2 Å². The molecule has 2 aromatic rings. The number of thioether (sulfide) groups is 3. The molecule has 11 nitrogen and oxygen atoms in total. The van der Waals surface area contributed by atoms with Crippen LogP contribution in [0.1, 0.15) is 0 Å². The van der Waals surface area contributed by atoms with E-state index in [0.29, 0.717) is 27.0 Å². The standard InChI is InChI=1S/C21H19Cl2N7O4S3/c22-11-4-10(5-12(23)26-11)36-8-14(31)28-16-18(32)30-17(20(33)34)9(7-37-19(16)30)2-1-3-35-15-6-13(24)27-21(25)29-15/h1-2,4-6,16,19H,3,7-8H2,(H,28,31)(H,33,34)(H4,24,25,27,29)/b2-1+/t16-,19?/m1/s1. The molecule has 1 fully saturated rings. The van der Waals surface area contributed by atoms with Crippen LogP contribution in [0, 0.1) is 0 Å². The number of rotatable bonds is 9. The maximum absolute atomic E-state index is 12.8. The Morgan fingerprint density at radius 3 is 2.59 bits per heavy atom. The second kappa shape index (κ2) is 11.8. The highest BCUT2D eigenvalue weighted by atomic mass is 35.5. The number of aliphatic carboxylic acids is 1. The number of halogens is 2. The van der Waals surface area contributed by atoms with E-state index in [0.717, 1.165) is 0 Å². The van der Waals surface area contributed by atoms with Crippen molar-refractivity contribution in [3.05, 3.63) is 51.9 Å². The van der Waals surface area contributed by atoms with E-state index in [1.54, 1.807) is 30.4 Å². The summed E-state index contributed by atoms with van der Waals surface area (Å²) in [5.41, 5.74) is 11.7. The normalized spacial score (nSPS) is 19.1. The summed E-state index contributed by atoms with van der Waals surface area (Å²) in [6.45, 7) is 0. The topological polar surface area (TPSA) is 177 Å². The fourth-order valence-electron chi connectivity index (χ4n) is 3.52. The van der Waals surface area contributed by atoms with Gasteiger partial charge in [-0.25, -0.2) is 14.8 Å². The van der Waals surface area contributed by atoms with Crippen molar-refractivity contribution in [3.63, 3.8) is 0 Å². The molecule has 0 aliphatic carbocycles. The summed E-state index contributed by atoms with van der Waals surface area (Å²) in [5, 5.41) is 13.0. The second-order valence-corrected chi connectivity index (χ2v) is 11.5. The van der Waals surface area contributed by atoms with Crippen LogP contribution >= 0.6 is 58.5 Å². The molecule has 0 radical (unpaired) electrons. The summed E-state index contributed by atoms with van der Waals surface area (Å²) in [6.07, 6.45) is 3.45. The number of β-lactam (4-membered cyclic amide) rings is 1. The minimum Gasteiger partial charge on any atom is -0.477 e. The Balaban J connectivity index is 1.36. The van der Waals surface area contributed by atoms with Gasteiger partial charge in [0, 0.05) is 22.5 Å². The van der Waals surface area contributed by atoms with Crippen LogP contribution in [0.2, 0.25) is 10.3 Å². The van der Waals surface area contributed by atoms with Crippen LogP contribution in [0.5, 0.6) is 0 Å². The molecule has 1 unspecified atom stereocenters.